The van der Waals surface area contributed by atoms with Gasteiger partial charge in [0.05, 0.1) is 12.1 Å². The van der Waals surface area contributed by atoms with Gasteiger partial charge in [-0.3, -0.25) is 0 Å². The number of anilines is 1. The fourth-order valence-corrected chi connectivity index (χ4v) is 1.86. The molecule has 0 radical (unpaired) electrons. The Labute approximate surface area is 133 Å². The molecule has 0 unspecified atom stereocenters. The molecule has 6 heteroatoms. The molecule has 0 bridgehead atoms. The Morgan fingerprint density at radius 2 is 1.74 bits per heavy atom. The molecule has 0 aliphatic carbocycles. The predicted octanol–water partition coefficient (Wildman–Crippen LogP) is 3.19. The van der Waals surface area contributed by atoms with Crippen molar-refractivity contribution in [2.75, 3.05) is 19.0 Å². The van der Waals surface area contributed by atoms with E-state index in [-0.39, 0.29) is 16.8 Å². The van der Waals surface area contributed by atoms with Crippen molar-refractivity contribution in [3.05, 3.63) is 70.4 Å². The molecule has 1 heterocycles. The van der Waals surface area contributed by atoms with Gasteiger partial charge >= 0.3 is 5.97 Å². The molecular weight excluding hydrogens is 296 g/mol. The number of hydrogen-bond acceptors (Lipinski definition) is 4. The summed E-state index contributed by atoms with van der Waals surface area (Å²) < 4.78 is 5.49. The molecule has 116 valence electrons. The Morgan fingerprint density at radius 1 is 1.13 bits per heavy atom. The van der Waals surface area contributed by atoms with E-state index in [0.29, 0.717) is 11.6 Å². The van der Waals surface area contributed by atoms with Gasteiger partial charge in [0, 0.05) is 25.7 Å². The molecule has 1 N–H and O–H groups in total. The summed E-state index contributed by atoms with van der Waals surface area (Å²) in [5, 5.41) is 8.85. The lowest BCUT2D eigenvalue weighted by atomic mass is 10.1. The summed E-state index contributed by atoms with van der Waals surface area (Å²) in [6.45, 7) is 7.18. The number of aromatic carboxylic acids is 1. The van der Waals surface area contributed by atoms with E-state index in [1.54, 1.807) is 17.0 Å². The third kappa shape index (κ3) is 3.66. The number of hydrogen-bond donors (Lipinski definition) is 1. The minimum absolute atomic E-state index is 0.0801. The van der Waals surface area contributed by atoms with Gasteiger partial charge in [-0.05, 0) is 24.3 Å². The molecule has 0 amide bonds. The van der Waals surface area contributed by atoms with Crippen molar-refractivity contribution >= 4 is 23.7 Å². The third-order valence-electron chi connectivity index (χ3n) is 3.08. The number of rotatable bonds is 5. The van der Waals surface area contributed by atoms with Gasteiger partial charge in [0.25, 0.3) is 0 Å². The van der Waals surface area contributed by atoms with E-state index in [1.807, 2.05) is 14.1 Å². The first kappa shape index (κ1) is 16.0. The Morgan fingerprint density at radius 3 is 2.22 bits per heavy atom. The second-order valence-corrected chi connectivity index (χ2v) is 4.92. The van der Waals surface area contributed by atoms with Crippen molar-refractivity contribution in [3.63, 3.8) is 0 Å². The zero-order chi connectivity index (χ0) is 17.0. The number of furan rings is 1. The van der Waals surface area contributed by atoms with Crippen LogP contribution < -0.4 is 4.90 Å². The van der Waals surface area contributed by atoms with E-state index < -0.39 is 11.8 Å². The van der Waals surface area contributed by atoms with E-state index in [0.717, 1.165) is 0 Å². The Hall–Kier alpha value is -3.33. The van der Waals surface area contributed by atoms with Gasteiger partial charge in [-0.1, -0.05) is 12.1 Å². The van der Waals surface area contributed by atoms with Crippen molar-refractivity contribution in [2.45, 2.75) is 0 Å². The maximum atomic E-state index is 12.3. The molecule has 0 fully saturated rings. The zero-order valence-corrected chi connectivity index (χ0v) is 12.6. The molecule has 0 saturated carbocycles. The number of carboxylic acids is 1. The molecule has 0 saturated heterocycles. The Kier molecular flexibility index (Phi) is 4.62. The summed E-state index contributed by atoms with van der Waals surface area (Å²) in [5.74, 6) is -0.550. The highest BCUT2D eigenvalue weighted by atomic mass is 16.4. The largest absolute Gasteiger partial charge is 0.478 e. The van der Waals surface area contributed by atoms with Gasteiger partial charge in [-0.25, -0.2) is 9.64 Å². The first-order valence-electron chi connectivity index (χ1n) is 6.66. The van der Waals surface area contributed by atoms with Crippen molar-refractivity contribution in [2.24, 2.45) is 0 Å². The van der Waals surface area contributed by atoms with E-state index in [9.17, 15) is 9.59 Å². The predicted molar refractivity (Wildman–Crippen MR) is 85.3 cm³/mol. The van der Waals surface area contributed by atoms with Crippen molar-refractivity contribution in [1.29, 1.82) is 0 Å². The molecule has 1 aromatic carbocycles. The van der Waals surface area contributed by atoms with Crippen LogP contribution in [0, 0.1) is 6.57 Å². The fourth-order valence-electron chi connectivity index (χ4n) is 1.86. The number of carbonyl (C=O) groups excluding carboxylic acids is 1. The maximum Gasteiger partial charge on any atom is 0.335 e. The molecule has 2 aromatic rings. The molecule has 23 heavy (non-hydrogen) atoms. The van der Waals surface area contributed by atoms with Gasteiger partial charge < -0.3 is 19.2 Å². The van der Waals surface area contributed by atoms with Gasteiger partial charge in [0.2, 0.25) is 5.70 Å². The summed E-state index contributed by atoms with van der Waals surface area (Å²) in [6, 6.07) is 8.83. The van der Waals surface area contributed by atoms with Crippen LogP contribution in [-0.4, -0.2) is 31.0 Å². The highest BCUT2D eigenvalue weighted by molar-refractivity contribution is 6.12. The molecule has 0 atom stereocenters. The summed E-state index contributed by atoms with van der Waals surface area (Å²) in [4.78, 5) is 28.1. The van der Waals surface area contributed by atoms with Gasteiger partial charge in [-0.2, -0.15) is 0 Å². The topological polar surface area (TPSA) is 75.1 Å². The lowest BCUT2D eigenvalue weighted by Gasteiger charge is -2.06. The van der Waals surface area contributed by atoms with Crippen LogP contribution in [-0.2, 0) is 0 Å². The monoisotopic (exact) mass is 310 g/mol. The van der Waals surface area contributed by atoms with E-state index >= 15 is 0 Å². The average Bonchev–Trinajstić information content (AvgIpc) is 3.01. The number of carbonyl (C=O) groups is 2. The fraction of sp³-hybridized carbons (Fsp3) is 0.118. The van der Waals surface area contributed by atoms with Crippen LogP contribution in [0.5, 0.6) is 0 Å². The summed E-state index contributed by atoms with van der Waals surface area (Å²) in [5.41, 5.74) is 0.223. The normalized spacial score (nSPS) is 10.9. The van der Waals surface area contributed by atoms with Crippen LogP contribution in [0.3, 0.4) is 0 Å². The summed E-state index contributed by atoms with van der Waals surface area (Å²) in [6.07, 6.45) is 1.37. The number of allylic oxidation sites excluding steroid dienone is 1. The van der Waals surface area contributed by atoms with Crippen LogP contribution in [0.15, 0.2) is 46.5 Å². The third-order valence-corrected chi connectivity index (χ3v) is 3.08. The molecular formula is C17H14N2O4. The van der Waals surface area contributed by atoms with Gasteiger partial charge in [0.1, 0.15) is 5.76 Å². The van der Waals surface area contributed by atoms with Crippen LogP contribution in [0.25, 0.3) is 10.9 Å². The highest BCUT2D eigenvalue weighted by Crippen LogP contribution is 2.20. The summed E-state index contributed by atoms with van der Waals surface area (Å²) >= 11 is 0. The van der Waals surface area contributed by atoms with Crippen LogP contribution in [0.4, 0.5) is 5.88 Å². The molecule has 0 spiro atoms. The van der Waals surface area contributed by atoms with Gasteiger partial charge in [-0.15, -0.1) is 0 Å². The second-order valence-electron chi connectivity index (χ2n) is 4.92. The standard InChI is InChI=1S/C17H14N2O4/c1-18-14(10-13-8-9-15(23-13)19(2)3)16(20)11-4-6-12(7-5-11)17(21)22/h4-10H,2-3H3,(H,21,22). The van der Waals surface area contributed by atoms with Gasteiger partial charge in [0.15, 0.2) is 11.7 Å². The Bertz CT molecular complexity index is 808. The van der Waals surface area contributed by atoms with E-state index in [1.165, 1.54) is 30.3 Å². The minimum atomic E-state index is -1.07. The quantitative estimate of drug-likeness (QED) is 0.521. The average molecular weight is 310 g/mol. The number of ketones is 1. The lowest BCUT2D eigenvalue weighted by Crippen LogP contribution is -2.06. The molecule has 2 rings (SSSR count). The van der Waals surface area contributed by atoms with Crippen LogP contribution in [0.1, 0.15) is 26.5 Å². The van der Waals surface area contributed by atoms with Crippen molar-refractivity contribution in [1.82, 2.24) is 0 Å². The first-order chi connectivity index (χ1) is 10.9. The lowest BCUT2D eigenvalue weighted by molar-refractivity contribution is 0.0696. The molecule has 1 aromatic heterocycles. The smallest absolute Gasteiger partial charge is 0.335 e. The molecule has 6 nitrogen and oxygen atoms in total. The van der Waals surface area contributed by atoms with Crippen LogP contribution in [0.2, 0.25) is 0 Å². The van der Waals surface area contributed by atoms with E-state index in [2.05, 4.69) is 4.85 Å². The SMILES string of the molecule is [C-]#[N+]C(=Cc1ccc(N(C)C)o1)C(=O)c1ccc(C(=O)O)cc1. The number of Topliss-reactive ketones (excluding diaryl/α,β-unsaturated/α-hetero) is 1. The molecule has 0 aliphatic heterocycles. The van der Waals surface area contributed by atoms with Crippen LogP contribution >= 0.6 is 0 Å². The summed E-state index contributed by atoms with van der Waals surface area (Å²) in [7, 11) is 3.63. The Balaban J connectivity index is 2.28. The molecule has 0 aliphatic rings. The maximum absolute atomic E-state index is 12.3. The highest BCUT2D eigenvalue weighted by Gasteiger charge is 2.15. The number of benzene rings is 1. The zero-order valence-electron chi connectivity index (χ0n) is 12.6. The number of nitrogens with zero attached hydrogens (tertiary/aromatic N) is 2. The number of carboxylic acid groups (broad SMARTS) is 1. The van der Waals surface area contributed by atoms with Crippen molar-refractivity contribution < 1.29 is 19.1 Å². The van der Waals surface area contributed by atoms with E-state index in [4.69, 9.17) is 16.1 Å². The minimum Gasteiger partial charge on any atom is -0.478 e. The first-order valence-corrected chi connectivity index (χ1v) is 6.66. The van der Waals surface area contributed by atoms with Crippen molar-refractivity contribution in [3.8, 4) is 0 Å². The second kappa shape index (κ2) is 6.62.